The van der Waals surface area contributed by atoms with Gasteiger partial charge in [-0.25, -0.2) is 9.59 Å². The number of rotatable bonds is 8. The summed E-state index contributed by atoms with van der Waals surface area (Å²) < 4.78 is 21.5. The van der Waals surface area contributed by atoms with Crippen LogP contribution in [0.3, 0.4) is 0 Å². The highest BCUT2D eigenvalue weighted by Crippen LogP contribution is 2.39. The molecule has 45 heavy (non-hydrogen) atoms. The van der Waals surface area contributed by atoms with Gasteiger partial charge in [0.25, 0.3) is 11.5 Å². The van der Waals surface area contributed by atoms with Gasteiger partial charge in [0.05, 0.1) is 0 Å². The van der Waals surface area contributed by atoms with Crippen LogP contribution in [0, 0.1) is 6.92 Å². The van der Waals surface area contributed by atoms with Crippen molar-refractivity contribution < 1.29 is 48.9 Å². The Bertz CT molecular complexity index is 2090. The largest absolute Gasteiger partial charge is 0.504 e. The van der Waals surface area contributed by atoms with E-state index in [4.69, 9.17) is 25.2 Å². The van der Waals surface area contributed by atoms with E-state index >= 15 is 0 Å². The average molecular weight is 611 g/mol. The van der Waals surface area contributed by atoms with Gasteiger partial charge in [-0.15, -0.1) is 0 Å². The van der Waals surface area contributed by atoms with Crippen LogP contribution >= 0.6 is 0 Å². The van der Waals surface area contributed by atoms with Gasteiger partial charge in [-0.1, -0.05) is 30.4 Å². The Morgan fingerprint density at radius 2 is 0.978 bits per heavy atom. The number of ether oxygens (including phenoxy) is 2. The van der Waals surface area contributed by atoms with Gasteiger partial charge >= 0.3 is 11.3 Å². The standard InChI is InChI=1S/C33H22O12/c1-17-2-11-28(44-30-26(38)15-20(42-32(30)40)7-3-18-5-9-22(34)24(36)13-18)29(12-17)45-31-27(39)16-21(43-33(31)41)8-4-19-6-10-23(35)25(37)14-19/h1-16,34-39H. The molecule has 5 aromatic rings. The van der Waals surface area contributed by atoms with Crippen LogP contribution in [-0.4, -0.2) is 30.6 Å². The molecular formula is C33H22O12. The van der Waals surface area contributed by atoms with Gasteiger partial charge in [0, 0.05) is 12.1 Å². The lowest BCUT2D eigenvalue weighted by molar-refractivity contribution is 0.342. The highest BCUT2D eigenvalue weighted by atomic mass is 16.5. The van der Waals surface area contributed by atoms with Crippen molar-refractivity contribution in [1.82, 2.24) is 0 Å². The van der Waals surface area contributed by atoms with Crippen LogP contribution in [-0.2, 0) is 0 Å². The summed E-state index contributed by atoms with van der Waals surface area (Å²) in [5, 5.41) is 59.2. The summed E-state index contributed by atoms with van der Waals surface area (Å²) in [5.74, 6) is -4.35. The second kappa shape index (κ2) is 12.4. The van der Waals surface area contributed by atoms with Crippen molar-refractivity contribution in [2.45, 2.75) is 0 Å². The molecule has 6 N–H and O–H groups in total. The van der Waals surface area contributed by atoms with Crippen molar-refractivity contribution in [2.24, 2.45) is 0 Å². The minimum absolute atomic E-state index is 0.0647. The Labute approximate surface area is 253 Å². The maximum absolute atomic E-state index is 12.7. The molecule has 0 fully saturated rings. The van der Waals surface area contributed by atoms with Crippen LogP contribution in [0.1, 0.15) is 28.2 Å². The van der Waals surface area contributed by atoms with Crippen molar-refractivity contribution in [3.63, 3.8) is 0 Å². The highest BCUT2D eigenvalue weighted by molar-refractivity contribution is 5.70. The second-order valence-corrected chi connectivity index (χ2v) is 9.37. The van der Waals surface area contributed by atoms with Gasteiger partial charge < -0.3 is 48.9 Å². The van der Waals surface area contributed by atoms with E-state index in [1.807, 2.05) is 0 Å². The summed E-state index contributed by atoms with van der Waals surface area (Å²) in [4.78, 5) is 25.4. The molecule has 2 radical (unpaired) electrons. The zero-order chi connectivity index (χ0) is 32.2. The fraction of sp³-hybridized carbons (Fsp3) is 0. The molecule has 0 aliphatic heterocycles. The SMILES string of the molecule is [CH]c1ccc(Oc2c(O)cc(C=Cc3ccc(O)c(O)c3)oc2=O)c(Oc2c(O)cc(C=Cc3ccc(O)c(O)c3)oc2=O)c1. The quantitative estimate of drug-likeness (QED) is 0.115. The molecule has 12 nitrogen and oxygen atoms in total. The van der Waals surface area contributed by atoms with E-state index in [0.29, 0.717) is 11.1 Å². The molecule has 0 spiro atoms. The molecule has 0 amide bonds. The number of hydrogen-bond acceptors (Lipinski definition) is 12. The van der Waals surface area contributed by atoms with Crippen LogP contribution < -0.4 is 20.7 Å². The minimum atomic E-state index is -1.09. The molecule has 12 heteroatoms. The lowest BCUT2D eigenvalue weighted by Gasteiger charge is -2.13. The van der Waals surface area contributed by atoms with Crippen LogP contribution in [0.4, 0.5) is 0 Å². The van der Waals surface area contributed by atoms with Crippen molar-refractivity contribution >= 4 is 24.3 Å². The van der Waals surface area contributed by atoms with Crippen LogP contribution in [0.15, 0.2) is 85.2 Å². The Kier molecular flexibility index (Phi) is 8.21. The molecule has 0 saturated carbocycles. The second-order valence-electron chi connectivity index (χ2n) is 9.37. The summed E-state index contributed by atoms with van der Waals surface area (Å²) >= 11 is 0. The molecular weight excluding hydrogens is 588 g/mol. The average Bonchev–Trinajstić information content (AvgIpc) is 2.99. The van der Waals surface area contributed by atoms with Gasteiger partial charge in [0.2, 0.25) is 0 Å². The molecule has 226 valence electrons. The first kappa shape index (κ1) is 29.9. The molecule has 0 aliphatic carbocycles. The predicted octanol–water partition coefficient (Wildman–Crippen LogP) is 5.81. The predicted molar refractivity (Wildman–Crippen MR) is 161 cm³/mol. The molecule has 2 heterocycles. The molecule has 5 rings (SSSR count). The van der Waals surface area contributed by atoms with Crippen LogP contribution in [0.2, 0.25) is 0 Å². The van der Waals surface area contributed by atoms with E-state index in [2.05, 4.69) is 0 Å². The maximum atomic E-state index is 12.7. The summed E-state index contributed by atoms with van der Waals surface area (Å²) in [6.45, 7) is 5.86. The first-order valence-electron chi connectivity index (χ1n) is 12.9. The summed E-state index contributed by atoms with van der Waals surface area (Å²) in [7, 11) is 0. The van der Waals surface area contributed by atoms with E-state index in [9.17, 15) is 40.2 Å². The summed E-state index contributed by atoms with van der Waals surface area (Å²) in [6.07, 6.45) is 5.59. The molecule has 0 unspecified atom stereocenters. The number of benzene rings is 3. The molecule has 0 saturated heterocycles. The Balaban J connectivity index is 1.38. The lowest BCUT2D eigenvalue weighted by Crippen LogP contribution is -2.07. The van der Waals surface area contributed by atoms with Crippen LogP contribution in [0.5, 0.6) is 57.5 Å². The van der Waals surface area contributed by atoms with E-state index in [0.717, 1.165) is 12.1 Å². The Morgan fingerprint density at radius 3 is 1.42 bits per heavy atom. The van der Waals surface area contributed by atoms with Crippen molar-refractivity contribution in [3.8, 4) is 57.5 Å². The zero-order valence-electron chi connectivity index (χ0n) is 22.9. The fourth-order valence-corrected chi connectivity index (χ4v) is 3.88. The minimum Gasteiger partial charge on any atom is -0.504 e. The van der Waals surface area contributed by atoms with Crippen molar-refractivity contribution in [2.75, 3.05) is 0 Å². The fourth-order valence-electron chi connectivity index (χ4n) is 3.88. The third-order valence-corrected chi connectivity index (χ3v) is 6.09. The first-order chi connectivity index (χ1) is 21.5. The third kappa shape index (κ3) is 6.92. The van der Waals surface area contributed by atoms with Gasteiger partial charge in [-0.05, 0) is 72.2 Å². The van der Waals surface area contributed by atoms with E-state index < -0.39 is 34.2 Å². The third-order valence-electron chi connectivity index (χ3n) is 6.09. The van der Waals surface area contributed by atoms with Gasteiger partial charge in [-0.3, -0.25) is 0 Å². The maximum Gasteiger partial charge on any atom is 0.383 e. The van der Waals surface area contributed by atoms with Gasteiger partial charge in [0.1, 0.15) is 11.5 Å². The van der Waals surface area contributed by atoms with Crippen LogP contribution in [0.25, 0.3) is 24.3 Å². The van der Waals surface area contributed by atoms with E-state index in [1.54, 1.807) is 0 Å². The first-order valence-corrected chi connectivity index (χ1v) is 12.9. The highest BCUT2D eigenvalue weighted by Gasteiger charge is 2.20. The van der Waals surface area contributed by atoms with Gasteiger partial charge in [-0.2, -0.15) is 0 Å². The molecule has 3 aromatic carbocycles. The normalized spacial score (nSPS) is 11.3. The van der Waals surface area contributed by atoms with E-state index in [1.165, 1.54) is 78.9 Å². The molecule has 0 bridgehead atoms. The van der Waals surface area contributed by atoms with Gasteiger partial charge in [0.15, 0.2) is 46.0 Å². The van der Waals surface area contributed by atoms with Crippen molar-refractivity contribution in [1.29, 1.82) is 0 Å². The summed E-state index contributed by atoms with van der Waals surface area (Å²) in [5.41, 5.74) is -1.08. The molecule has 2 aromatic heterocycles. The van der Waals surface area contributed by atoms with E-state index in [-0.39, 0.29) is 51.6 Å². The smallest absolute Gasteiger partial charge is 0.383 e. The monoisotopic (exact) mass is 610 g/mol. The van der Waals surface area contributed by atoms with Crippen molar-refractivity contribution in [3.05, 3.63) is 123 Å². The number of phenols is 4. The topological polar surface area (TPSA) is 200 Å². The Hall–Kier alpha value is -6.56. The number of hydrogen-bond donors (Lipinski definition) is 6. The number of phenolic OH excluding ortho intramolecular Hbond substituents is 4. The Morgan fingerprint density at radius 1 is 0.511 bits per heavy atom. The molecule has 0 aliphatic rings. The summed E-state index contributed by atoms with van der Waals surface area (Å²) in [6, 6.07) is 14.2. The molecule has 0 atom stereocenters. The number of aromatic hydroxyl groups is 6. The lowest BCUT2D eigenvalue weighted by atomic mass is 10.2. The zero-order valence-corrected chi connectivity index (χ0v) is 22.9.